The molecule has 4 rings (SSSR count). The van der Waals surface area contributed by atoms with E-state index in [4.69, 9.17) is 0 Å². The van der Waals surface area contributed by atoms with E-state index in [1.807, 2.05) is 0 Å². The summed E-state index contributed by atoms with van der Waals surface area (Å²) in [4.78, 5) is 0. The van der Waals surface area contributed by atoms with E-state index in [0.717, 1.165) is 24.3 Å². The monoisotopic (exact) mass is 470 g/mol. The highest BCUT2D eigenvalue weighted by Gasteiger charge is 2.44. The highest BCUT2D eigenvalue weighted by molar-refractivity contribution is 5.63. The van der Waals surface area contributed by atoms with Gasteiger partial charge in [0.2, 0.25) is 0 Å². The molecule has 0 aromatic heterocycles. The van der Waals surface area contributed by atoms with E-state index >= 15 is 0 Å². The fourth-order valence-corrected chi connectivity index (χ4v) is 4.29. The number of benzene rings is 4. The Labute approximate surface area is 191 Å². The van der Waals surface area contributed by atoms with E-state index in [1.54, 1.807) is 0 Å². The maximum atomic E-state index is 14.6. The van der Waals surface area contributed by atoms with E-state index in [1.165, 1.54) is 48.5 Å². The molecule has 0 spiro atoms. The zero-order valence-corrected chi connectivity index (χ0v) is 17.4. The minimum atomic E-state index is -2.09. The molecule has 0 saturated heterocycles. The van der Waals surface area contributed by atoms with Crippen LogP contribution in [0.3, 0.4) is 0 Å². The molecule has 0 aliphatic carbocycles. The number of hydrogen-bond donors (Lipinski definition) is 4. The van der Waals surface area contributed by atoms with Gasteiger partial charge in [-0.2, -0.15) is 0 Å². The first kappa shape index (κ1) is 23.0. The van der Waals surface area contributed by atoms with Crippen LogP contribution in [0.1, 0.15) is 22.3 Å². The van der Waals surface area contributed by atoms with Crippen molar-refractivity contribution in [1.29, 1.82) is 0 Å². The lowest BCUT2D eigenvalue weighted by Crippen LogP contribution is -2.33. The van der Waals surface area contributed by atoms with Gasteiger partial charge in [-0.05, 0) is 36.2 Å². The van der Waals surface area contributed by atoms with Crippen LogP contribution < -0.4 is 0 Å². The molecule has 0 amide bonds. The Bertz CT molecular complexity index is 1260. The van der Waals surface area contributed by atoms with Crippen LogP contribution in [0.25, 0.3) is 0 Å². The third kappa shape index (κ3) is 3.57. The zero-order valence-electron chi connectivity index (χ0n) is 17.4. The molecule has 0 unspecified atom stereocenters. The molecule has 4 nitrogen and oxygen atoms in total. The van der Waals surface area contributed by atoms with Gasteiger partial charge in [0.05, 0.1) is 5.41 Å². The van der Waals surface area contributed by atoms with E-state index in [9.17, 15) is 38.0 Å². The van der Waals surface area contributed by atoms with Crippen molar-refractivity contribution >= 4 is 0 Å². The van der Waals surface area contributed by atoms with Crippen molar-refractivity contribution < 1.29 is 38.0 Å². The van der Waals surface area contributed by atoms with Crippen LogP contribution in [-0.4, -0.2) is 20.4 Å². The standard InChI is InChI=1S/C26H18F4O4/c27-18-9-1-5-14(22(18)31)13-26(15-6-2-10-19(28)23(15)32,16-7-3-11-20(29)24(16)33)17-8-4-12-21(30)25(17)34/h1-12,31-34H,13H2. The predicted octanol–water partition coefficient (Wildman–Crippen LogP) is 5.64. The number of para-hydroxylation sites is 4. The molecule has 0 aliphatic heterocycles. The molecule has 4 aromatic carbocycles. The van der Waals surface area contributed by atoms with Crippen LogP contribution in [0, 0.1) is 23.3 Å². The van der Waals surface area contributed by atoms with Gasteiger partial charge in [-0.25, -0.2) is 17.6 Å². The topological polar surface area (TPSA) is 80.9 Å². The Morgan fingerprint density at radius 1 is 0.471 bits per heavy atom. The molecule has 174 valence electrons. The summed E-state index contributed by atoms with van der Waals surface area (Å²) < 4.78 is 57.9. The predicted molar refractivity (Wildman–Crippen MR) is 116 cm³/mol. The Morgan fingerprint density at radius 2 is 0.794 bits per heavy atom. The number of phenolic OH excluding ortho intramolecular Hbond substituents is 4. The average molecular weight is 470 g/mol. The second-order valence-corrected chi connectivity index (χ2v) is 7.74. The number of aromatic hydroxyl groups is 4. The first-order valence-corrected chi connectivity index (χ1v) is 10.1. The van der Waals surface area contributed by atoms with Gasteiger partial charge in [0.25, 0.3) is 0 Å². The van der Waals surface area contributed by atoms with Crippen LogP contribution in [0.15, 0.2) is 72.8 Å². The number of rotatable bonds is 5. The van der Waals surface area contributed by atoms with Gasteiger partial charge in [0.1, 0.15) is 0 Å². The number of hydrogen-bond acceptors (Lipinski definition) is 4. The van der Waals surface area contributed by atoms with E-state index in [0.29, 0.717) is 0 Å². The molecule has 4 aromatic rings. The summed E-state index contributed by atoms with van der Waals surface area (Å²) in [6.45, 7) is 0. The van der Waals surface area contributed by atoms with E-state index in [-0.39, 0.29) is 22.3 Å². The molecule has 0 fully saturated rings. The van der Waals surface area contributed by atoms with Gasteiger partial charge in [-0.3, -0.25) is 0 Å². The van der Waals surface area contributed by atoms with Crippen LogP contribution in [0.4, 0.5) is 17.6 Å². The maximum absolute atomic E-state index is 14.6. The minimum absolute atomic E-state index is 0.101. The molecular weight excluding hydrogens is 452 g/mol. The van der Waals surface area contributed by atoms with Gasteiger partial charge in [-0.1, -0.05) is 48.5 Å². The third-order valence-electron chi connectivity index (χ3n) is 5.87. The molecule has 0 aliphatic rings. The van der Waals surface area contributed by atoms with Crippen molar-refractivity contribution in [3.8, 4) is 23.0 Å². The minimum Gasteiger partial charge on any atom is -0.505 e. The quantitative estimate of drug-likeness (QED) is 0.225. The Morgan fingerprint density at radius 3 is 1.18 bits per heavy atom. The number of halogens is 4. The molecular formula is C26H18F4O4. The van der Waals surface area contributed by atoms with Crippen LogP contribution in [-0.2, 0) is 11.8 Å². The Balaban J connectivity index is 2.22. The van der Waals surface area contributed by atoms with Gasteiger partial charge >= 0.3 is 0 Å². The van der Waals surface area contributed by atoms with Gasteiger partial charge in [0, 0.05) is 16.7 Å². The Hall–Kier alpha value is -4.20. The van der Waals surface area contributed by atoms with Gasteiger partial charge in [-0.15, -0.1) is 0 Å². The summed E-state index contributed by atoms with van der Waals surface area (Å²) >= 11 is 0. The molecule has 0 bridgehead atoms. The van der Waals surface area contributed by atoms with Crippen molar-refractivity contribution in [1.82, 2.24) is 0 Å². The lowest BCUT2D eigenvalue weighted by Gasteiger charge is -2.37. The van der Waals surface area contributed by atoms with Gasteiger partial charge < -0.3 is 20.4 Å². The smallest absolute Gasteiger partial charge is 0.165 e. The molecule has 8 heteroatoms. The molecule has 34 heavy (non-hydrogen) atoms. The molecule has 0 heterocycles. The largest absolute Gasteiger partial charge is 0.505 e. The van der Waals surface area contributed by atoms with Gasteiger partial charge in [0.15, 0.2) is 46.3 Å². The van der Waals surface area contributed by atoms with Crippen molar-refractivity contribution in [2.24, 2.45) is 0 Å². The zero-order chi connectivity index (χ0) is 24.6. The molecule has 0 saturated carbocycles. The van der Waals surface area contributed by atoms with Crippen LogP contribution >= 0.6 is 0 Å². The SMILES string of the molecule is Oc1c(F)cccc1CC(c1cccc(F)c1O)(c1cccc(F)c1O)c1cccc(F)c1O. The lowest BCUT2D eigenvalue weighted by atomic mass is 9.65. The Kier molecular flexibility index (Phi) is 5.83. The second kappa shape index (κ2) is 8.62. The third-order valence-corrected chi connectivity index (χ3v) is 5.87. The highest BCUT2D eigenvalue weighted by Crippen LogP contribution is 2.52. The summed E-state index contributed by atoms with van der Waals surface area (Å²) in [5.41, 5.74) is -3.07. The number of phenols is 4. The fraction of sp³-hybridized carbons (Fsp3) is 0.0769. The normalized spacial score (nSPS) is 11.5. The second-order valence-electron chi connectivity index (χ2n) is 7.74. The average Bonchev–Trinajstić information content (AvgIpc) is 2.81. The van der Waals surface area contributed by atoms with Crippen molar-refractivity contribution in [2.45, 2.75) is 11.8 Å². The van der Waals surface area contributed by atoms with Crippen molar-refractivity contribution in [2.75, 3.05) is 0 Å². The lowest BCUT2D eigenvalue weighted by molar-refractivity contribution is 0.378. The summed E-state index contributed by atoms with van der Waals surface area (Å²) in [6.07, 6.45) is -0.540. The molecule has 0 atom stereocenters. The van der Waals surface area contributed by atoms with E-state index < -0.39 is 58.1 Å². The van der Waals surface area contributed by atoms with Crippen molar-refractivity contribution in [3.63, 3.8) is 0 Å². The first-order valence-electron chi connectivity index (χ1n) is 10.1. The summed E-state index contributed by atoms with van der Waals surface area (Å²) in [5, 5.41) is 42.5. The molecule has 4 N–H and O–H groups in total. The summed E-state index contributed by atoms with van der Waals surface area (Å²) in [6, 6.07) is 13.8. The van der Waals surface area contributed by atoms with E-state index in [2.05, 4.69) is 0 Å². The summed E-state index contributed by atoms with van der Waals surface area (Å²) in [5.74, 6) is -7.83. The highest BCUT2D eigenvalue weighted by atomic mass is 19.1. The summed E-state index contributed by atoms with van der Waals surface area (Å²) in [7, 11) is 0. The fourth-order valence-electron chi connectivity index (χ4n) is 4.29. The first-order chi connectivity index (χ1) is 16.2. The van der Waals surface area contributed by atoms with Crippen LogP contribution in [0.2, 0.25) is 0 Å². The maximum Gasteiger partial charge on any atom is 0.165 e. The molecule has 0 radical (unpaired) electrons. The van der Waals surface area contributed by atoms with Crippen molar-refractivity contribution in [3.05, 3.63) is 118 Å². The van der Waals surface area contributed by atoms with Crippen LogP contribution in [0.5, 0.6) is 23.0 Å².